The van der Waals surface area contributed by atoms with E-state index in [-0.39, 0.29) is 10.5 Å². The third-order valence-electron chi connectivity index (χ3n) is 3.05. The zero-order valence-corrected chi connectivity index (χ0v) is 12.2. The highest BCUT2D eigenvalue weighted by Gasteiger charge is 2.12. The zero-order chi connectivity index (χ0) is 13.7. The van der Waals surface area contributed by atoms with Crippen molar-refractivity contribution in [3.63, 3.8) is 0 Å². The van der Waals surface area contributed by atoms with Gasteiger partial charge in [-0.3, -0.25) is 4.79 Å². The quantitative estimate of drug-likeness (QED) is 0.636. The van der Waals surface area contributed by atoms with Crippen LogP contribution < -0.4 is 11.3 Å². The molecule has 0 aliphatic rings. The monoisotopic (exact) mass is 266 g/mol. The van der Waals surface area contributed by atoms with E-state index in [0.29, 0.717) is 11.5 Å². The average Bonchev–Trinajstić information content (AvgIpc) is 2.30. The molecule has 0 saturated carbocycles. The summed E-state index contributed by atoms with van der Waals surface area (Å²) in [5.41, 5.74) is 7.03. The van der Waals surface area contributed by atoms with Gasteiger partial charge in [0.2, 0.25) is 0 Å². The third kappa shape index (κ3) is 3.42. The molecule has 100 valence electrons. The maximum Gasteiger partial charge on any atom is 0.261 e. The first-order valence-corrected chi connectivity index (χ1v) is 6.93. The Morgan fingerprint density at radius 3 is 2.56 bits per heavy atom. The van der Waals surface area contributed by atoms with E-state index in [9.17, 15) is 4.79 Å². The molecule has 1 aromatic rings. The Morgan fingerprint density at radius 1 is 1.39 bits per heavy atom. The highest BCUT2D eigenvalue weighted by molar-refractivity contribution is 7.80. The normalized spacial score (nSPS) is 10.9. The van der Waals surface area contributed by atoms with Gasteiger partial charge in [-0.25, -0.2) is 0 Å². The summed E-state index contributed by atoms with van der Waals surface area (Å²) >= 11 is 4.92. The molecule has 0 radical (unpaired) electrons. The molecular weight excluding hydrogens is 244 g/mol. The second-order valence-corrected chi connectivity index (χ2v) is 5.29. The van der Waals surface area contributed by atoms with Crippen LogP contribution in [0.15, 0.2) is 16.9 Å². The lowest BCUT2D eigenvalue weighted by Crippen LogP contribution is -2.31. The summed E-state index contributed by atoms with van der Waals surface area (Å²) in [4.78, 5) is 12.5. The van der Waals surface area contributed by atoms with Crippen molar-refractivity contribution in [2.24, 2.45) is 5.73 Å². The molecule has 0 aliphatic carbocycles. The van der Waals surface area contributed by atoms with E-state index in [1.54, 1.807) is 6.07 Å². The Balaban J connectivity index is 3.19. The van der Waals surface area contributed by atoms with Crippen LogP contribution in [0.3, 0.4) is 0 Å². The van der Waals surface area contributed by atoms with Crippen LogP contribution in [0, 0.1) is 0 Å². The molecule has 0 bridgehead atoms. The van der Waals surface area contributed by atoms with Gasteiger partial charge in [0.05, 0.1) is 5.56 Å². The van der Waals surface area contributed by atoms with E-state index in [1.807, 2.05) is 10.6 Å². The van der Waals surface area contributed by atoms with Crippen LogP contribution in [0.5, 0.6) is 0 Å². The maximum absolute atomic E-state index is 12.3. The summed E-state index contributed by atoms with van der Waals surface area (Å²) in [5.74, 6) is 0.319. The summed E-state index contributed by atoms with van der Waals surface area (Å²) in [6.45, 7) is 7.07. The lowest BCUT2D eigenvalue weighted by Gasteiger charge is -2.16. The van der Waals surface area contributed by atoms with Crippen molar-refractivity contribution in [3.05, 3.63) is 33.7 Å². The first kappa shape index (κ1) is 14.9. The number of pyridine rings is 1. The smallest absolute Gasteiger partial charge is 0.261 e. The molecule has 1 heterocycles. The molecule has 0 spiro atoms. The van der Waals surface area contributed by atoms with Gasteiger partial charge < -0.3 is 10.3 Å². The Kier molecular flexibility index (Phi) is 5.54. The van der Waals surface area contributed by atoms with Gasteiger partial charge in [-0.1, -0.05) is 45.8 Å². The number of nitrogens with zero attached hydrogens (tertiary/aromatic N) is 1. The zero-order valence-electron chi connectivity index (χ0n) is 11.4. The number of thiocarbonyl (C=S) groups is 1. The number of hydrogen-bond acceptors (Lipinski definition) is 2. The molecule has 18 heavy (non-hydrogen) atoms. The van der Waals surface area contributed by atoms with Crippen LogP contribution in [0.1, 0.15) is 57.2 Å². The van der Waals surface area contributed by atoms with Gasteiger partial charge in [-0.15, -0.1) is 0 Å². The molecule has 1 aromatic heterocycles. The Labute approximate surface area is 114 Å². The molecule has 0 unspecified atom stereocenters. The molecule has 1 rings (SSSR count). The standard InChI is InChI=1S/C14H22N2OS/c1-4-5-6-9-16-12(10(2)3)8-7-11(13(15)18)14(16)17/h7-8,10H,4-6,9H2,1-3H3,(H2,15,18). The van der Waals surface area contributed by atoms with Crippen molar-refractivity contribution in [1.29, 1.82) is 0 Å². The second kappa shape index (κ2) is 6.69. The van der Waals surface area contributed by atoms with Gasteiger partial charge >= 0.3 is 0 Å². The molecule has 0 amide bonds. The first-order valence-electron chi connectivity index (χ1n) is 6.52. The lowest BCUT2D eigenvalue weighted by atomic mass is 10.1. The minimum atomic E-state index is -0.0511. The van der Waals surface area contributed by atoms with Crippen molar-refractivity contribution < 1.29 is 0 Å². The van der Waals surface area contributed by atoms with Crippen LogP contribution in [-0.4, -0.2) is 9.56 Å². The Bertz CT molecular complexity index is 477. The lowest BCUT2D eigenvalue weighted by molar-refractivity contribution is 0.553. The van der Waals surface area contributed by atoms with Crippen LogP contribution in [0.25, 0.3) is 0 Å². The van der Waals surface area contributed by atoms with Crippen molar-refractivity contribution >= 4 is 17.2 Å². The highest BCUT2D eigenvalue weighted by atomic mass is 32.1. The first-order chi connectivity index (χ1) is 8.49. The van der Waals surface area contributed by atoms with Crippen LogP contribution in [-0.2, 0) is 6.54 Å². The van der Waals surface area contributed by atoms with Gasteiger partial charge in [0.15, 0.2) is 0 Å². The van der Waals surface area contributed by atoms with Crippen LogP contribution in [0.2, 0.25) is 0 Å². The fraction of sp³-hybridized carbons (Fsp3) is 0.571. The van der Waals surface area contributed by atoms with Gasteiger partial charge in [0, 0.05) is 12.2 Å². The molecule has 3 nitrogen and oxygen atoms in total. The predicted molar refractivity (Wildman–Crippen MR) is 80.2 cm³/mol. The molecule has 4 heteroatoms. The van der Waals surface area contributed by atoms with E-state index >= 15 is 0 Å². The van der Waals surface area contributed by atoms with Crippen molar-refractivity contribution in [2.75, 3.05) is 0 Å². The van der Waals surface area contributed by atoms with Crippen LogP contribution in [0.4, 0.5) is 0 Å². The second-order valence-electron chi connectivity index (χ2n) is 4.85. The Hall–Kier alpha value is -1.16. The van der Waals surface area contributed by atoms with E-state index in [1.165, 1.54) is 0 Å². The summed E-state index contributed by atoms with van der Waals surface area (Å²) in [6.07, 6.45) is 3.28. The van der Waals surface area contributed by atoms with E-state index in [4.69, 9.17) is 18.0 Å². The van der Waals surface area contributed by atoms with E-state index in [0.717, 1.165) is 31.5 Å². The number of aromatic nitrogens is 1. The third-order valence-corrected chi connectivity index (χ3v) is 3.27. The average molecular weight is 266 g/mol. The molecular formula is C14H22N2OS. The van der Waals surface area contributed by atoms with Gasteiger partial charge in [-0.2, -0.15) is 0 Å². The van der Waals surface area contributed by atoms with Crippen molar-refractivity contribution in [3.8, 4) is 0 Å². The van der Waals surface area contributed by atoms with Crippen LogP contribution >= 0.6 is 12.2 Å². The SMILES string of the molecule is CCCCCn1c(C(C)C)ccc(C(N)=S)c1=O. The summed E-state index contributed by atoms with van der Waals surface area (Å²) in [7, 11) is 0. The molecule has 0 fully saturated rings. The number of hydrogen-bond donors (Lipinski definition) is 1. The largest absolute Gasteiger partial charge is 0.389 e. The van der Waals surface area contributed by atoms with Gasteiger partial charge in [0.1, 0.15) is 4.99 Å². The number of unbranched alkanes of at least 4 members (excludes halogenated alkanes) is 2. The fourth-order valence-electron chi connectivity index (χ4n) is 2.03. The van der Waals surface area contributed by atoms with E-state index < -0.39 is 0 Å². The van der Waals surface area contributed by atoms with Gasteiger partial charge in [0.25, 0.3) is 5.56 Å². The van der Waals surface area contributed by atoms with Crippen molar-refractivity contribution in [2.45, 2.75) is 52.5 Å². The maximum atomic E-state index is 12.3. The number of rotatable bonds is 6. The van der Waals surface area contributed by atoms with Crippen molar-refractivity contribution in [1.82, 2.24) is 4.57 Å². The predicted octanol–water partition coefficient (Wildman–Crippen LogP) is 2.80. The minimum absolute atomic E-state index is 0.0511. The molecule has 0 aliphatic heterocycles. The highest BCUT2D eigenvalue weighted by Crippen LogP contribution is 2.14. The minimum Gasteiger partial charge on any atom is -0.389 e. The molecule has 0 atom stereocenters. The summed E-state index contributed by atoms with van der Waals surface area (Å²) in [5, 5.41) is 0. The fourth-order valence-corrected chi connectivity index (χ4v) is 2.19. The van der Waals surface area contributed by atoms with E-state index in [2.05, 4.69) is 20.8 Å². The molecule has 2 N–H and O–H groups in total. The van der Waals surface area contributed by atoms with Gasteiger partial charge in [-0.05, 0) is 24.5 Å². The topological polar surface area (TPSA) is 48.0 Å². The number of nitrogens with two attached hydrogens (primary N) is 1. The molecule has 0 aromatic carbocycles. The molecule has 0 saturated heterocycles. The Morgan fingerprint density at radius 2 is 2.06 bits per heavy atom. The summed E-state index contributed by atoms with van der Waals surface area (Å²) in [6, 6.07) is 3.71. The summed E-state index contributed by atoms with van der Waals surface area (Å²) < 4.78 is 1.83.